The lowest BCUT2D eigenvalue weighted by molar-refractivity contribution is -0.118. The van der Waals surface area contributed by atoms with Gasteiger partial charge in [0.05, 0.1) is 11.3 Å². The molecule has 0 fully saturated rings. The van der Waals surface area contributed by atoms with Crippen molar-refractivity contribution < 1.29 is 23.9 Å². The highest BCUT2D eigenvalue weighted by molar-refractivity contribution is 5.98. The Kier molecular flexibility index (Phi) is 7.08. The number of nitrogens with one attached hydrogen (secondary N) is 3. The van der Waals surface area contributed by atoms with Crippen LogP contribution in [-0.4, -0.2) is 29.1 Å². The predicted octanol–water partition coefficient (Wildman–Crippen LogP) is 2.99. The molecule has 0 bridgehead atoms. The zero-order chi connectivity index (χ0) is 20.7. The van der Waals surface area contributed by atoms with E-state index in [0.717, 1.165) is 23.8 Å². The fraction of sp³-hybridized carbons (Fsp3) is 0.250. The maximum atomic E-state index is 13.9. The summed E-state index contributed by atoms with van der Waals surface area (Å²) in [5, 5.41) is 16.6. The van der Waals surface area contributed by atoms with Gasteiger partial charge in [-0.1, -0.05) is 44.2 Å². The molecule has 2 aromatic carbocycles. The molecule has 7 nitrogen and oxygen atoms in total. The number of rotatable bonds is 7. The number of carbonyl (C=O) groups is 3. The third-order valence-corrected chi connectivity index (χ3v) is 4.00. The quantitative estimate of drug-likeness (QED) is 0.586. The molecule has 0 spiro atoms. The fourth-order valence-corrected chi connectivity index (χ4v) is 2.47. The van der Waals surface area contributed by atoms with Crippen LogP contribution in [0.4, 0.5) is 14.9 Å². The molecule has 0 aliphatic heterocycles. The normalized spacial score (nSPS) is 11.6. The third-order valence-electron chi connectivity index (χ3n) is 4.00. The van der Waals surface area contributed by atoms with Crippen LogP contribution >= 0.6 is 0 Å². The Morgan fingerprint density at radius 1 is 1.07 bits per heavy atom. The number of anilines is 1. The molecule has 2 rings (SSSR count). The Morgan fingerprint density at radius 3 is 2.36 bits per heavy atom. The highest BCUT2D eigenvalue weighted by Crippen LogP contribution is 2.17. The lowest BCUT2D eigenvalue weighted by atomic mass is 10.0. The van der Waals surface area contributed by atoms with Crippen molar-refractivity contribution in [2.45, 2.75) is 26.4 Å². The molecule has 4 N–H and O–H groups in total. The van der Waals surface area contributed by atoms with E-state index in [1.165, 1.54) is 0 Å². The molecular weight excluding hydrogens is 365 g/mol. The van der Waals surface area contributed by atoms with Gasteiger partial charge in [-0.15, -0.1) is 0 Å². The Hall–Kier alpha value is -3.42. The Morgan fingerprint density at radius 2 is 1.75 bits per heavy atom. The molecule has 0 aromatic heterocycles. The highest BCUT2D eigenvalue weighted by Gasteiger charge is 2.25. The first-order valence-electron chi connectivity index (χ1n) is 8.70. The van der Waals surface area contributed by atoms with Crippen LogP contribution in [-0.2, 0) is 11.3 Å². The predicted molar refractivity (Wildman–Crippen MR) is 102 cm³/mol. The van der Waals surface area contributed by atoms with E-state index in [2.05, 4.69) is 16.0 Å². The van der Waals surface area contributed by atoms with Crippen molar-refractivity contribution in [2.24, 2.45) is 5.92 Å². The van der Waals surface area contributed by atoms with Crippen LogP contribution in [0.3, 0.4) is 0 Å². The molecule has 0 heterocycles. The monoisotopic (exact) mass is 387 g/mol. The number of amides is 3. The summed E-state index contributed by atoms with van der Waals surface area (Å²) in [5.74, 6) is -2.94. The van der Waals surface area contributed by atoms with Gasteiger partial charge in [0.25, 0.3) is 0 Å². The van der Waals surface area contributed by atoms with Crippen LogP contribution in [0.1, 0.15) is 29.8 Å². The highest BCUT2D eigenvalue weighted by atomic mass is 19.1. The number of carboxylic acids is 1. The lowest BCUT2D eigenvalue weighted by Gasteiger charge is -2.22. The van der Waals surface area contributed by atoms with E-state index in [-0.39, 0.29) is 23.7 Å². The first kappa shape index (κ1) is 20.9. The summed E-state index contributed by atoms with van der Waals surface area (Å²) in [5.41, 5.74) is 0.476. The number of urea groups is 1. The molecule has 148 valence electrons. The summed E-state index contributed by atoms with van der Waals surface area (Å²) in [6.45, 7) is 3.74. The molecule has 3 amide bonds. The Bertz CT molecular complexity index is 856. The van der Waals surface area contributed by atoms with Gasteiger partial charge in [-0.25, -0.2) is 14.0 Å². The van der Waals surface area contributed by atoms with Gasteiger partial charge in [0, 0.05) is 6.54 Å². The molecule has 0 aliphatic carbocycles. The molecule has 1 unspecified atom stereocenters. The number of hydrogen-bond acceptors (Lipinski definition) is 3. The van der Waals surface area contributed by atoms with Crippen LogP contribution in [0, 0.1) is 11.7 Å². The average Bonchev–Trinajstić information content (AvgIpc) is 2.66. The van der Waals surface area contributed by atoms with Gasteiger partial charge in [0.15, 0.2) is 0 Å². The smallest absolute Gasteiger partial charge is 0.335 e. The summed E-state index contributed by atoms with van der Waals surface area (Å²) >= 11 is 0. The first-order chi connectivity index (χ1) is 13.3. The van der Waals surface area contributed by atoms with Gasteiger partial charge in [0.2, 0.25) is 5.91 Å². The van der Waals surface area contributed by atoms with E-state index < -0.39 is 29.8 Å². The van der Waals surface area contributed by atoms with Crippen LogP contribution in [0.25, 0.3) is 0 Å². The third kappa shape index (κ3) is 5.80. The van der Waals surface area contributed by atoms with E-state index in [1.54, 1.807) is 13.8 Å². The number of halogens is 1. The van der Waals surface area contributed by atoms with E-state index in [9.17, 15) is 18.8 Å². The van der Waals surface area contributed by atoms with E-state index in [0.29, 0.717) is 0 Å². The van der Waals surface area contributed by atoms with Gasteiger partial charge >= 0.3 is 12.0 Å². The van der Waals surface area contributed by atoms with Crippen molar-refractivity contribution in [3.05, 3.63) is 65.5 Å². The number of hydrogen-bond donors (Lipinski definition) is 4. The summed E-state index contributed by atoms with van der Waals surface area (Å²) in [6, 6.07) is 10.9. The maximum absolute atomic E-state index is 13.9. The number of benzene rings is 2. The topological polar surface area (TPSA) is 108 Å². The van der Waals surface area contributed by atoms with E-state index in [4.69, 9.17) is 5.11 Å². The van der Waals surface area contributed by atoms with Crippen LogP contribution in [0.2, 0.25) is 0 Å². The lowest BCUT2D eigenvalue weighted by Crippen LogP contribution is -2.50. The molecule has 0 radical (unpaired) electrons. The Balaban J connectivity index is 2.02. The largest absolute Gasteiger partial charge is 0.478 e. The summed E-state index contributed by atoms with van der Waals surface area (Å²) in [7, 11) is 0. The summed E-state index contributed by atoms with van der Waals surface area (Å²) in [6.07, 6.45) is 0. The standard InChI is InChI=1S/C20H22FN3O4/c1-12(2)17(24-20(28)22-11-13-6-4-3-5-7-13)18(25)23-16-10-14(19(26)27)8-9-15(16)21/h3-10,12,17H,11H2,1-2H3,(H,23,25)(H,26,27)(H2,22,24,28). The van der Waals surface area contributed by atoms with Crippen molar-refractivity contribution in [1.82, 2.24) is 10.6 Å². The van der Waals surface area contributed by atoms with Gasteiger partial charge in [-0.3, -0.25) is 4.79 Å². The van der Waals surface area contributed by atoms with E-state index in [1.807, 2.05) is 30.3 Å². The minimum Gasteiger partial charge on any atom is -0.478 e. The van der Waals surface area contributed by atoms with Crippen molar-refractivity contribution in [1.29, 1.82) is 0 Å². The number of aromatic carboxylic acids is 1. The van der Waals surface area contributed by atoms with Crippen LogP contribution < -0.4 is 16.0 Å². The maximum Gasteiger partial charge on any atom is 0.335 e. The van der Waals surface area contributed by atoms with Crippen LogP contribution in [0.5, 0.6) is 0 Å². The molecule has 8 heteroatoms. The average molecular weight is 387 g/mol. The molecule has 0 saturated heterocycles. The van der Waals surface area contributed by atoms with Crippen molar-refractivity contribution in [3.8, 4) is 0 Å². The van der Waals surface area contributed by atoms with Gasteiger partial charge < -0.3 is 21.1 Å². The van der Waals surface area contributed by atoms with Crippen LogP contribution in [0.15, 0.2) is 48.5 Å². The molecule has 1 atom stereocenters. The van der Waals surface area contributed by atoms with Gasteiger partial charge in [-0.05, 0) is 29.7 Å². The fourth-order valence-electron chi connectivity index (χ4n) is 2.47. The van der Waals surface area contributed by atoms with E-state index >= 15 is 0 Å². The Labute approximate surface area is 162 Å². The second kappa shape index (κ2) is 9.50. The summed E-state index contributed by atoms with van der Waals surface area (Å²) in [4.78, 5) is 35.7. The number of carbonyl (C=O) groups excluding carboxylic acids is 2. The zero-order valence-electron chi connectivity index (χ0n) is 15.5. The second-order valence-electron chi connectivity index (χ2n) is 6.52. The molecular formula is C20H22FN3O4. The zero-order valence-corrected chi connectivity index (χ0v) is 15.5. The van der Waals surface area contributed by atoms with Gasteiger partial charge in [-0.2, -0.15) is 0 Å². The second-order valence-corrected chi connectivity index (χ2v) is 6.52. The molecule has 2 aromatic rings. The molecule has 0 aliphatic rings. The van der Waals surface area contributed by atoms with Crippen molar-refractivity contribution >= 4 is 23.6 Å². The minimum atomic E-state index is -1.24. The first-order valence-corrected chi connectivity index (χ1v) is 8.70. The van der Waals surface area contributed by atoms with Crippen molar-refractivity contribution in [2.75, 3.05) is 5.32 Å². The molecule has 28 heavy (non-hydrogen) atoms. The molecule has 0 saturated carbocycles. The van der Waals surface area contributed by atoms with Gasteiger partial charge in [0.1, 0.15) is 11.9 Å². The minimum absolute atomic E-state index is 0.161. The SMILES string of the molecule is CC(C)C(NC(=O)NCc1ccccc1)C(=O)Nc1cc(C(=O)O)ccc1F. The summed E-state index contributed by atoms with van der Waals surface area (Å²) < 4.78 is 13.9. The van der Waals surface area contributed by atoms with Crippen molar-refractivity contribution in [3.63, 3.8) is 0 Å². The number of carboxylic acid groups (broad SMARTS) is 1.